The Kier molecular flexibility index (Phi) is 4.15. The van der Waals surface area contributed by atoms with E-state index in [0.29, 0.717) is 0 Å². The number of hydrogen-bond acceptors (Lipinski definition) is 2. The molecule has 3 rings (SSSR count). The zero-order valence-electron chi connectivity index (χ0n) is 12.3. The molecule has 0 N–H and O–H groups in total. The maximum absolute atomic E-state index is 6.06. The highest BCUT2D eigenvalue weighted by Crippen LogP contribution is 2.21. The molecule has 106 valence electrons. The highest BCUT2D eigenvalue weighted by atomic mass is 16.3. The lowest BCUT2D eigenvalue weighted by Gasteiger charge is -2.04. The first kappa shape index (κ1) is 13.6. The number of nitrogens with zero attached hydrogens (tertiary/aromatic N) is 1. The standard InChI is InChI=1S/C19H19NO/c1-2-3-13-20-19-17-12-8-7-11-16(17)14-18(21-19)15-9-5-4-6-10-15/h4-12,14H,2-3,13H2,1H3. The van der Waals surface area contributed by atoms with Gasteiger partial charge in [-0.15, -0.1) is 0 Å². The van der Waals surface area contributed by atoms with Gasteiger partial charge in [0.05, 0.1) is 0 Å². The van der Waals surface area contributed by atoms with Gasteiger partial charge in [-0.2, -0.15) is 0 Å². The van der Waals surface area contributed by atoms with E-state index in [2.05, 4.69) is 42.2 Å². The highest BCUT2D eigenvalue weighted by Gasteiger charge is 2.04. The number of fused-ring (bicyclic) bond motifs is 1. The van der Waals surface area contributed by atoms with Gasteiger partial charge in [0.1, 0.15) is 5.76 Å². The molecule has 0 bridgehead atoms. The van der Waals surface area contributed by atoms with Crippen molar-refractivity contribution in [1.82, 2.24) is 0 Å². The average molecular weight is 277 g/mol. The molecule has 0 aliphatic heterocycles. The van der Waals surface area contributed by atoms with Crippen molar-refractivity contribution in [3.05, 3.63) is 66.2 Å². The summed E-state index contributed by atoms with van der Waals surface area (Å²) >= 11 is 0. The second-order valence-electron chi connectivity index (χ2n) is 5.10. The van der Waals surface area contributed by atoms with Crippen LogP contribution in [0.15, 0.2) is 70.1 Å². The molecule has 3 aromatic rings. The van der Waals surface area contributed by atoms with Crippen LogP contribution in [0.3, 0.4) is 0 Å². The second kappa shape index (κ2) is 6.40. The third-order valence-electron chi connectivity index (χ3n) is 3.51. The summed E-state index contributed by atoms with van der Waals surface area (Å²) in [6.45, 7) is 2.98. The summed E-state index contributed by atoms with van der Waals surface area (Å²) in [5, 5.41) is 2.24. The van der Waals surface area contributed by atoms with E-state index < -0.39 is 0 Å². The molecule has 0 amide bonds. The fourth-order valence-electron chi connectivity index (χ4n) is 2.35. The molecular formula is C19H19NO. The third kappa shape index (κ3) is 3.05. The quantitative estimate of drug-likeness (QED) is 0.629. The van der Waals surface area contributed by atoms with Crippen LogP contribution in [-0.4, -0.2) is 6.54 Å². The van der Waals surface area contributed by atoms with E-state index in [1.807, 2.05) is 30.3 Å². The lowest BCUT2D eigenvalue weighted by molar-refractivity contribution is 0.510. The van der Waals surface area contributed by atoms with Gasteiger partial charge in [-0.3, -0.25) is 4.99 Å². The van der Waals surface area contributed by atoms with Gasteiger partial charge in [0.2, 0.25) is 5.55 Å². The van der Waals surface area contributed by atoms with Gasteiger partial charge in [-0.1, -0.05) is 61.9 Å². The van der Waals surface area contributed by atoms with E-state index in [1.165, 1.54) is 0 Å². The molecule has 0 saturated heterocycles. The first-order chi connectivity index (χ1) is 10.4. The van der Waals surface area contributed by atoms with Gasteiger partial charge in [-0.25, -0.2) is 0 Å². The van der Waals surface area contributed by atoms with Crippen LogP contribution in [0.4, 0.5) is 0 Å². The molecule has 2 aromatic carbocycles. The minimum absolute atomic E-state index is 0.736. The smallest absolute Gasteiger partial charge is 0.222 e. The van der Waals surface area contributed by atoms with Crippen LogP contribution < -0.4 is 5.55 Å². The second-order valence-corrected chi connectivity index (χ2v) is 5.10. The number of benzene rings is 2. The van der Waals surface area contributed by atoms with Gasteiger partial charge in [0.25, 0.3) is 0 Å². The molecule has 0 radical (unpaired) electrons. The summed E-state index contributed by atoms with van der Waals surface area (Å²) in [7, 11) is 0. The summed E-state index contributed by atoms with van der Waals surface area (Å²) in [5.41, 5.74) is 1.82. The molecule has 0 aliphatic rings. The van der Waals surface area contributed by atoms with Crippen molar-refractivity contribution >= 4 is 10.8 Å². The maximum Gasteiger partial charge on any atom is 0.222 e. The van der Waals surface area contributed by atoms with Crippen LogP contribution in [-0.2, 0) is 0 Å². The predicted molar refractivity (Wildman–Crippen MR) is 87.0 cm³/mol. The summed E-state index contributed by atoms with van der Waals surface area (Å²) in [6, 6.07) is 20.5. The van der Waals surface area contributed by atoms with Gasteiger partial charge in [0, 0.05) is 17.5 Å². The van der Waals surface area contributed by atoms with Crippen molar-refractivity contribution in [2.45, 2.75) is 19.8 Å². The molecule has 0 aliphatic carbocycles. The van der Waals surface area contributed by atoms with Crippen LogP contribution in [0.1, 0.15) is 19.8 Å². The Morgan fingerprint density at radius 3 is 2.52 bits per heavy atom. The van der Waals surface area contributed by atoms with Gasteiger partial charge >= 0.3 is 0 Å². The lowest BCUT2D eigenvalue weighted by Crippen LogP contribution is -2.05. The summed E-state index contributed by atoms with van der Waals surface area (Å²) in [5.74, 6) is 0.865. The number of rotatable bonds is 4. The van der Waals surface area contributed by atoms with Crippen molar-refractivity contribution < 1.29 is 4.42 Å². The van der Waals surface area contributed by atoms with Crippen molar-refractivity contribution in [3.63, 3.8) is 0 Å². The average Bonchev–Trinajstić information content (AvgIpc) is 2.55. The van der Waals surface area contributed by atoms with Gasteiger partial charge < -0.3 is 4.42 Å². The first-order valence-electron chi connectivity index (χ1n) is 7.47. The Morgan fingerprint density at radius 2 is 1.71 bits per heavy atom. The summed E-state index contributed by atoms with van der Waals surface area (Å²) in [6.07, 6.45) is 2.22. The fraction of sp³-hybridized carbons (Fsp3) is 0.211. The SMILES string of the molecule is CCCCN=c1oc(-c2ccccc2)cc2ccccc12. The van der Waals surface area contributed by atoms with E-state index in [-0.39, 0.29) is 0 Å². The molecule has 0 unspecified atom stereocenters. The zero-order chi connectivity index (χ0) is 14.5. The minimum Gasteiger partial charge on any atom is -0.438 e. The monoisotopic (exact) mass is 277 g/mol. The largest absolute Gasteiger partial charge is 0.438 e. The topological polar surface area (TPSA) is 25.5 Å². The van der Waals surface area contributed by atoms with Gasteiger partial charge in [-0.05, 0) is 23.9 Å². The number of hydrogen-bond donors (Lipinski definition) is 0. The molecule has 0 atom stereocenters. The lowest BCUT2D eigenvalue weighted by atomic mass is 10.1. The van der Waals surface area contributed by atoms with E-state index in [0.717, 1.165) is 47.0 Å². The van der Waals surface area contributed by atoms with E-state index in [9.17, 15) is 0 Å². The Balaban J connectivity index is 2.17. The fourth-order valence-corrected chi connectivity index (χ4v) is 2.35. The highest BCUT2D eigenvalue weighted by molar-refractivity contribution is 5.83. The third-order valence-corrected chi connectivity index (χ3v) is 3.51. The molecule has 0 fully saturated rings. The molecule has 0 spiro atoms. The summed E-state index contributed by atoms with van der Waals surface area (Å²) < 4.78 is 6.06. The molecule has 1 aromatic heterocycles. The van der Waals surface area contributed by atoms with Crippen LogP contribution in [0.25, 0.3) is 22.1 Å². The normalized spacial score (nSPS) is 12.0. The van der Waals surface area contributed by atoms with Crippen LogP contribution >= 0.6 is 0 Å². The van der Waals surface area contributed by atoms with E-state index >= 15 is 0 Å². The van der Waals surface area contributed by atoms with Gasteiger partial charge in [0.15, 0.2) is 0 Å². The molecule has 2 nitrogen and oxygen atoms in total. The Morgan fingerprint density at radius 1 is 0.952 bits per heavy atom. The van der Waals surface area contributed by atoms with Crippen molar-refractivity contribution in [1.29, 1.82) is 0 Å². The zero-order valence-corrected chi connectivity index (χ0v) is 12.3. The molecule has 0 saturated carbocycles. The van der Waals surface area contributed by atoms with E-state index in [1.54, 1.807) is 0 Å². The van der Waals surface area contributed by atoms with Crippen molar-refractivity contribution in [2.75, 3.05) is 6.54 Å². The van der Waals surface area contributed by atoms with Crippen LogP contribution in [0.2, 0.25) is 0 Å². The summed E-state index contributed by atoms with van der Waals surface area (Å²) in [4.78, 5) is 4.64. The maximum atomic E-state index is 6.06. The Hall–Kier alpha value is -2.35. The Bertz CT molecular complexity index is 787. The van der Waals surface area contributed by atoms with Crippen LogP contribution in [0, 0.1) is 0 Å². The number of unbranched alkanes of at least 4 members (excludes halogenated alkanes) is 1. The molecule has 1 heterocycles. The first-order valence-corrected chi connectivity index (χ1v) is 7.47. The van der Waals surface area contributed by atoms with E-state index in [4.69, 9.17) is 4.42 Å². The Labute approximate surface area is 124 Å². The molecule has 2 heteroatoms. The van der Waals surface area contributed by atoms with Crippen molar-refractivity contribution in [2.24, 2.45) is 4.99 Å². The predicted octanol–water partition coefficient (Wildman–Crippen LogP) is 4.80. The minimum atomic E-state index is 0.736. The molecular weight excluding hydrogens is 258 g/mol. The van der Waals surface area contributed by atoms with Crippen molar-refractivity contribution in [3.8, 4) is 11.3 Å². The molecule has 21 heavy (non-hydrogen) atoms. The van der Waals surface area contributed by atoms with Crippen LogP contribution in [0.5, 0.6) is 0 Å².